The van der Waals surface area contributed by atoms with Gasteiger partial charge in [0.05, 0.1) is 11.4 Å². The van der Waals surface area contributed by atoms with E-state index < -0.39 is 0 Å². The third-order valence-electron chi connectivity index (χ3n) is 2.71. The fourth-order valence-corrected chi connectivity index (χ4v) is 1.77. The summed E-state index contributed by atoms with van der Waals surface area (Å²) in [4.78, 5) is 5.64. The lowest BCUT2D eigenvalue weighted by Gasteiger charge is -2.21. The van der Waals surface area contributed by atoms with E-state index in [2.05, 4.69) is 10.1 Å². The maximum Gasteiger partial charge on any atom is 0.190 e. The molecule has 1 aromatic carbocycles. The van der Waals surface area contributed by atoms with Gasteiger partial charge in [-0.05, 0) is 24.3 Å². The third-order valence-corrected chi connectivity index (χ3v) is 2.71. The minimum atomic E-state index is -0.362. The van der Waals surface area contributed by atoms with Crippen LogP contribution in [0, 0.1) is 5.82 Å². The number of pyridine rings is 1. The largest absolute Gasteiger partial charge is 0.409 e. The van der Waals surface area contributed by atoms with Gasteiger partial charge in [-0.15, -0.1) is 0 Å². The monoisotopic (exact) mass is 260 g/mol. The van der Waals surface area contributed by atoms with E-state index in [0.717, 1.165) is 0 Å². The summed E-state index contributed by atoms with van der Waals surface area (Å²) in [6, 6.07) is 9.76. The molecule has 1 aromatic heterocycles. The van der Waals surface area contributed by atoms with Gasteiger partial charge in [0.1, 0.15) is 11.5 Å². The van der Waals surface area contributed by atoms with Crippen molar-refractivity contribution in [1.29, 1.82) is 0 Å². The Kier molecular flexibility index (Phi) is 3.61. The molecule has 2 aromatic rings. The van der Waals surface area contributed by atoms with E-state index in [9.17, 15) is 4.39 Å². The van der Waals surface area contributed by atoms with Crippen LogP contribution in [-0.2, 0) is 0 Å². The van der Waals surface area contributed by atoms with Gasteiger partial charge in [0.25, 0.3) is 0 Å². The summed E-state index contributed by atoms with van der Waals surface area (Å²) in [7, 11) is 1.68. The molecule has 0 bridgehead atoms. The molecule has 0 radical (unpaired) electrons. The number of para-hydroxylation sites is 1. The van der Waals surface area contributed by atoms with Gasteiger partial charge in [-0.1, -0.05) is 17.3 Å². The second kappa shape index (κ2) is 5.34. The Morgan fingerprint density at radius 2 is 1.95 bits per heavy atom. The first kappa shape index (κ1) is 12.8. The van der Waals surface area contributed by atoms with Gasteiger partial charge in [-0.2, -0.15) is 0 Å². The molecule has 0 aliphatic heterocycles. The van der Waals surface area contributed by atoms with E-state index in [1.807, 2.05) is 0 Å². The van der Waals surface area contributed by atoms with Gasteiger partial charge in [-0.3, -0.25) is 4.98 Å². The molecule has 0 fully saturated rings. The zero-order chi connectivity index (χ0) is 13.8. The molecule has 0 aliphatic rings. The van der Waals surface area contributed by atoms with Crippen LogP contribution in [0.4, 0.5) is 15.8 Å². The Bertz CT molecular complexity index is 615. The smallest absolute Gasteiger partial charge is 0.190 e. The highest BCUT2D eigenvalue weighted by Gasteiger charge is 2.15. The van der Waals surface area contributed by atoms with E-state index in [1.165, 1.54) is 12.3 Å². The second-order valence-electron chi connectivity index (χ2n) is 3.87. The zero-order valence-electron chi connectivity index (χ0n) is 10.3. The number of oxime groups is 1. The average Bonchev–Trinajstić information content (AvgIpc) is 2.46. The number of nitrogens with zero attached hydrogens (tertiary/aromatic N) is 3. The maximum absolute atomic E-state index is 13.8. The molecule has 0 unspecified atom stereocenters. The Morgan fingerprint density at radius 1 is 1.26 bits per heavy atom. The predicted octanol–water partition coefficient (Wildman–Crippen LogP) is 2.08. The first-order chi connectivity index (χ1) is 9.15. The molecule has 6 heteroatoms. The summed E-state index contributed by atoms with van der Waals surface area (Å²) in [5.74, 6) is -0.488. The zero-order valence-corrected chi connectivity index (χ0v) is 10.3. The lowest BCUT2D eigenvalue weighted by atomic mass is 10.2. The molecule has 19 heavy (non-hydrogen) atoms. The molecule has 98 valence electrons. The highest BCUT2D eigenvalue weighted by molar-refractivity contribution is 6.00. The SMILES string of the molecule is CN(c1ccccc1F)c1cccnc1/C(N)=N/O. The van der Waals surface area contributed by atoms with Crippen LogP contribution in [0.2, 0.25) is 0 Å². The van der Waals surface area contributed by atoms with E-state index in [0.29, 0.717) is 11.4 Å². The van der Waals surface area contributed by atoms with Crippen molar-refractivity contribution < 1.29 is 9.60 Å². The fraction of sp³-hybridized carbons (Fsp3) is 0.0769. The maximum atomic E-state index is 13.8. The van der Waals surface area contributed by atoms with Gasteiger partial charge in [0.15, 0.2) is 5.84 Å². The summed E-state index contributed by atoms with van der Waals surface area (Å²) in [6.07, 6.45) is 1.52. The van der Waals surface area contributed by atoms with Crippen LogP contribution in [0.15, 0.2) is 47.8 Å². The number of nitrogens with two attached hydrogens (primary N) is 1. The van der Waals surface area contributed by atoms with Crippen molar-refractivity contribution in [3.05, 3.63) is 54.1 Å². The van der Waals surface area contributed by atoms with Crippen molar-refractivity contribution in [1.82, 2.24) is 4.98 Å². The predicted molar refractivity (Wildman–Crippen MR) is 71.2 cm³/mol. The summed E-state index contributed by atoms with van der Waals surface area (Å²) in [5.41, 5.74) is 6.78. The first-order valence-electron chi connectivity index (χ1n) is 5.56. The normalized spacial score (nSPS) is 11.4. The second-order valence-corrected chi connectivity index (χ2v) is 3.87. The molecule has 0 spiro atoms. The number of rotatable bonds is 3. The van der Waals surface area contributed by atoms with Gasteiger partial charge in [-0.25, -0.2) is 4.39 Å². The molecule has 0 saturated carbocycles. The van der Waals surface area contributed by atoms with E-state index in [-0.39, 0.29) is 17.3 Å². The minimum Gasteiger partial charge on any atom is -0.409 e. The molecule has 5 nitrogen and oxygen atoms in total. The number of aromatic nitrogens is 1. The van der Waals surface area contributed by atoms with Crippen LogP contribution < -0.4 is 10.6 Å². The Morgan fingerprint density at radius 3 is 2.63 bits per heavy atom. The fourth-order valence-electron chi connectivity index (χ4n) is 1.77. The van der Waals surface area contributed by atoms with Gasteiger partial charge < -0.3 is 15.8 Å². The topological polar surface area (TPSA) is 74.7 Å². The highest BCUT2D eigenvalue weighted by atomic mass is 19.1. The van der Waals surface area contributed by atoms with Crippen molar-refractivity contribution in [3.8, 4) is 0 Å². The summed E-state index contributed by atoms with van der Waals surface area (Å²) in [6.45, 7) is 0. The minimum absolute atomic E-state index is 0.126. The van der Waals surface area contributed by atoms with Crippen molar-refractivity contribution in [3.63, 3.8) is 0 Å². The number of halogens is 1. The molecular formula is C13H13FN4O. The number of benzene rings is 1. The summed E-state index contributed by atoms with van der Waals surface area (Å²) >= 11 is 0. The van der Waals surface area contributed by atoms with Crippen molar-refractivity contribution in [2.75, 3.05) is 11.9 Å². The third kappa shape index (κ3) is 2.47. The summed E-state index contributed by atoms with van der Waals surface area (Å²) < 4.78 is 13.8. The first-order valence-corrected chi connectivity index (χ1v) is 5.56. The number of amidine groups is 1. The standard InChI is InChI=1S/C13H13FN4O/c1-18(10-6-3-2-5-9(10)14)11-7-4-8-16-12(11)13(15)17-19/h2-8,19H,1H3,(H2,15,17). The Balaban J connectivity index is 2.51. The van der Waals surface area contributed by atoms with Crippen molar-refractivity contribution >= 4 is 17.2 Å². The Labute approximate surface area is 109 Å². The number of hydrogen-bond donors (Lipinski definition) is 2. The molecular weight excluding hydrogens is 247 g/mol. The quantitative estimate of drug-likeness (QED) is 0.383. The number of anilines is 2. The lowest BCUT2D eigenvalue weighted by molar-refractivity contribution is 0.318. The molecule has 0 aliphatic carbocycles. The van der Waals surface area contributed by atoms with E-state index in [1.54, 1.807) is 42.3 Å². The van der Waals surface area contributed by atoms with Gasteiger partial charge >= 0.3 is 0 Å². The van der Waals surface area contributed by atoms with Crippen LogP contribution >= 0.6 is 0 Å². The van der Waals surface area contributed by atoms with Crippen LogP contribution in [-0.4, -0.2) is 23.1 Å². The van der Waals surface area contributed by atoms with Gasteiger partial charge in [0.2, 0.25) is 0 Å². The van der Waals surface area contributed by atoms with Crippen LogP contribution in [0.25, 0.3) is 0 Å². The molecule has 0 atom stereocenters. The number of hydrogen-bond acceptors (Lipinski definition) is 4. The molecule has 0 saturated heterocycles. The average molecular weight is 260 g/mol. The summed E-state index contributed by atoms with van der Waals surface area (Å²) in [5, 5.41) is 11.7. The van der Waals surface area contributed by atoms with Crippen LogP contribution in [0.1, 0.15) is 5.69 Å². The molecule has 1 heterocycles. The molecule has 0 amide bonds. The lowest BCUT2D eigenvalue weighted by Crippen LogP contribution is -2.21. The van der Waals surface area contributed by atoms with Crippen LogP contribution in [0.3, 0.4) is 0 Å². The van der Waals surface area contributed by atoms with Crippen molar-refractivity contribution in [2.45, 2.75) is 0 Å². The van der Waals surface area contributed by atoms with E-state index >= 15 is 0 Å². The van der Waals surface area contributed by atoms with Crippen LogP contribution in [0.5, 0.6) is 0 Å². The Hall–Kier alpha value is -2.63. The van der Waals surface area contributed by atoms with Gasteiger partial charge in [0, 0.05) is 13.2 Å². The van der Waals surface area contributed by atoms with Crippen molar-refractivity contribution in [2.24, 2.45) is 10.9 Å². The van der Waals surface area contributed by atoms with E-state index in [4.69, 9.17) is 10.9 Å². The molecule has 3 N–H and O–H groups in total. The molecule has 2 rings (SSSR count). The highest BCUT2D eigenvalue weighted by Crippen LogP contribution is 2.27.